The van der Waals surface area contributed by atoms with Crippen LogP contribution < -0.4 is 11.5 Å². The lowest BCUT2D eigenvalue weighted by molar-refractivity contribution is -0.394. The van der Waals surface area contributed by atoms with Crippen LogP contribution in [-0.2, 0) is 0 Å². The molecule has 0 saturated carbocycles. The zero-order valence-corrected chi connectivity index (χ0v) is 10.3. The highest BCUT2D eigenvalue weighted by molar-refractivity contribution is 5.50. The van der Waals surface area contributed by atoms with Crippen LogP contribution in [0, 0.1) is 20.2 Å². The predicted molar refractivity (Wildman–Crippen MR) is 75.0 cm³/mol. The van der Waals surface area contributed by atoms with Crippen molar-refractivity contribution in [2.45, 2.75) is 0 Å². The molecule has 0 saturated heterocycles. The Morgan fingerprint density at radius 2 is 1.15 bits per heavy atom. The van der Waals surface area contributed by atoms with Crippen molar-refractivity contribution < 1.29 is 9.85 Å². The number of rotatable bonds is 2. The average molecular weight is 276 g/mol. The Labute approximate surface area is 113 Å². The van der Waals surface area contributed by atoms with Gasteiger partial charge in [-0.15, -0.1) is 0 Å². The topological polar surface area (TPSA) is 138 Å². The van der Waals surface area contributed by atoms with Gasteiger partial charge in [-0.1, -0.05) is 6.07 Å². The van der Waals surface area contributed by atoms with Gasteiger partial charge in [-0.05, 0) is 24.3 Å². The number of non-ortho nitro benzene ring substituents is 2. The van der Waals surface area contributed by atoms with Gasteiger partial charge < -0.3 is 11.5 Å². The van der Waals surface area contributed by atoms with Crippen molar-refractivity contribution in [2.24, 2.45) is 0 Å². The van der Waals surface area contributed by atoms with Gasteiger partial charge in [0.25, 0.3) is 11.4 Å². The summed E-state index contributed by atoms with van der Waals surface area (Å²) < 4.78 is 0. The van der Waals surface area contributed by atoms with E-state index in [2.05, 4.69) is 0 Å². The van der Waals surface area contributed by atoms with E-state index in [9.17, 15) is 20.2 Å². The molecule has 20 heavy (non-hydrogen) atoms. The van der Waals surface area contributed by atoms with E-state index in [1.54, 1.807) is 18.2 Å². The molecule has 0 atom stereocenters. The number of nitro benzene ring substituents is 2. The summed E-state index contributed by atoms with van der Waals surface area (Å²) in [5, 5.41) is 20.3. The minimum Gasteiger partial charge on any atom is -0.399 e. The van der Waals surface area contributed by atoms with Crippen molar-refractivity contribution >= 4 is 22.7 Å². The van der Waals surface area contributed by atoms with E-state index in [4.69, 9.17) is 11.5 Å². The second-order valence-electron chi connectivity index (χ2n) is 3.70. The van der Waals surface area contributed by atoms with E-state index in [0.29, 0.717) is 11.4 Å². The Bertz CT molecular complexity index is 584. The fourth-order valence-corrected chi connectivity index (χ4v) is 1.28. The van der Waals surface area contributed by atoms with Crippen LogP contribution in [0.4, 0.5) is 22.7 Å². The first kappa shape index (κ1) is 14.9. The van der Waals surface area contributed by atoms with Gasteiger partial charge in [0.15, 0.2) is 0 Å². The SMILES string of the molecule is Nc1cccc(N)c1.O=[N+]([O-])c1cccc([N+](=O)[O-])c1. The number of nitro groups is 2. The number of nitrogens with zero attached hydrogens (tertiary/aromatic N) is 2. The zero-order chi connectivity index (χ0) is 15.1. The number of benzene rings is 2. The Hall–Kier alpha value is -3.16. The molecule has 0 aliphatic carbocycles. The first-order chi connectivity index (χ1) is 9.40. The Kier molecular flexibility index (Phi) is 4.98. The van der Waals surface area contributed by atoms with E-state index < -0.39 is 9.85 Å². The van der Waals surface area contributed by atoms with Crippen molar-refractivity contribution in [3.63, 3.8) is 0 Å². The molecule has 2 rings (SSSR count). The van der Waals surface area contributed by atoms with Crippen molar-refractivity contribution in [2.75, 3.05) is 11.5 Å². The molecule has 0 bridgehead atoms. The quantitative estimate of drug-likeness (QED) is 0.490. The highest BCUT2D eigenvalue weighted by Crippen LogP contribution is 2.18. The molecule has 2 aromatic carbocycles. The van der Waals surface area contributed by atoms with Crippen LogP contribution in [0.25, 0.3) is 0 Å². The van der Waals surface area contributed by atoms with Gasteiger partial charge in [0.1, 0.15) is 0 Å². The third-order valence-electron chi connectivity index (χ3n) is 2.16. The molecule has 8 nitrogen and oxygen atoms in total. The molecule has 0 aliphatic heterocycles. The summed E-state index contributed by atoms with van der Waals surface area (Å²) >= 11 is 0. The molecule has 4 N–H and O–H groups in total. The molecule has 0 fully saturated rings. The second-order valence-corrected chi connectivity index (χ2v) is 3.70. The summed E-state index contributed by atoms with van der Waals surface area (Å²) in [6.07, 6.45) is 0. The largest absolute Gasteiger partial charge is 0.399 e. The van der Waals surface area contributed by atoms with Crippen LogP contribution in [0.2, 0.25) is 0 Å². The molecular weight excluding hydrogens is 264 g/mol. The summed E-state index contributed by atoms with van der Waals surface area (Å²) in [7, 11) is 0. The van der Waals surface area contributed by atoms with E-state index in [-0.39, 0.29) is 11.4 Å². The van der Waals surface area contributed by atoms with E-state index in [0.717, 1.165) is 6.07 Å². The van der Waals surface area contributed by atoms with E-state index in [1.807, 2.05) is 6.07 Å². The lowest BCUT2D eigenvalue weighted by atomic mass is 10.3. The maximum absolute atomic E-state index is 10.2. The predicted octanol–water partition coefficient (Wildman–Crippen LogP) is 2.35. The van der Waals surface area contributed by atoms with Crippen LogP contribution in [-0.4, -0.2) is 9.85 Å². The lowest BCUT2D eigenvalue weighted by Crippen LogP contribution is -1.91. The number of nitrogen functional groups attached to an aromatic ring is 2. The summed E-state index contributed by atoms with van der Waals surface area (Å²) in [6, 6.07) is 11.7. The lowest BCUT2D eigenvalue weighted by Gasteiger charge is -1.91. The minimum absolute atomic E-state index is 0.274. The van der Waals surface area contributed by atoms with Gasteiger partial charge in [-0.2, -0.15) is 0 Å². The summed E-state index contributed by atoms with van der Waals surface area (Å²) in [4.78, 5) is 19.0. The van der Waals surface area contributed by atoms with Gasteiger partial charge in [0.2, 0.25) is 0 Å². The van der Waals surface area contributed by atoms with Gasteiger partial charge in [0.05, 0.1) is 15.9 Å². The highest BCUT2D eigenvalue weighted by atomic mass is 16.6. The van der Waals surface area contributed by atoms with Crippen molar-refractivity contribution in [1.82, 2.24) is 0 Å². The molecule has 0 amide bonds. The normalized spacial score (nSPS) is 9.20. The fraction of sp³-hybridized carbons (Fsp3) is 0. The number of anilines is 2. The third kappa shape index (κ3) is 4.61. The van der Waals surface area contributed by atoms with Gasteiger partial charge in [-0.25, -0.2) is 0 Å². The summed E-state index contributed by atoms with van der Waals surface area (Å²) in [6.45, 7) is 0. The maximum atomic E-state index is 10.2. The van der Waals surface area contributed by atoms with Crippen LogP contribution in [0.1, 0.15) is 0 Å². The number of hydrogen-bond donors (Lipinski definition) is 2. The summed E-state index contributed by atoms with van der Waals surface area (Å²) in [5.74, 6) is 0. The van der Waals surface area contributed by atoms with Crippen LogP contribution >= 0.6 is 0 Å². The van der Waals surface area contributed by atoms with Gasteiger partial charge in [-0.3, -0.25) is 20.2 Å². The standard InChI is InChI=1S/C6H4N2O4.C6H8N2/c9-7(10)5-2-1-3-6(4-5)8(11)12;7-5-2-1-3-6(8)4-5/h1-4H;1-4H,7-8H2. The average Bonchev–Trinajstić information content (AvgIpc) is 2.39. The molecule has 104 valence electrons. The second kappa shape index (κ2) is 6.69. The first-order valence-corrected chi connectivity index (χ1v) is 5.40. The van der Waals surface area contributed by atoms with Crippen LogP contribution in [0.15, 0.2) is 48.5 Å². The van der Waals surface area contributed by atoms with Gasteiger partial charge in [0, 0.05) is 23.5 Å². The fourth-order valence-electron chi connectivity index (χ4n) is 1.28. The van der Waals surface area contributed by atoms with Crippen LogP contribution in [0.3, 0.4) is 0 Å². The first-order valence-electron chi connectivity index (χ1n) is 5.40. The molecular formula is C12H12N4O4. The third-order valence-corrected chi connectivity index (χ3v) is 2.16. The summed E-state index contributed by atoms with van der Waals surface area (Å²) in [5.41, 5.74) is 11.6. The molecule has 2 aromatic rings. The minimum atomic E-state index is -0.674. The molecule has 8 heteroatoms. The van der Waals surface area contributed by atoms with Crippen molar-refractivity contribution in [3.05, 3.63) is 68.8 Å². The Morgan fingerprint density at radius 3 is 1.45 bits per heavy atom. The zero-order valence-electron chi connectivity index (χ0n) is 10.3. The van der Waals surface area contributed by atoms with E-state index >= 15 is 0 Å². The highest BCUT2D eigenvalue weighted by Gasteiger charge is 2.11. The molecule has 0 spiro atoms. The van der Waals surface area contributed by atoms with Crippen LogP contribution in [0.5, 0.6) is 0 Å². The van der Waals surface area contributed by atoms with Gasteiger partial charge >= 0.3 is 0 Å². The Morgan fingerprint density at radius 1 is 0.750 bits per heavy atom. The molecule has 0 radical (unpaired) electrons. The number of hydrogen-bond acceptors (Lipinski definition) is 6. The smallest absolute Gasteiger partial charge is 0.276 e. The molecule has 0 aliphatic rings. The van der Waals surface area contributed by atoms with E-state index in [1.165, 1.54) is 18.2 Å². The maximum Gasteiger partial charge on any atom is 0.276 e. The monoisotopic (exact) mass is 276 g/mol. The molecule has 0 unspecified atom stereocenters. The molecule has 0 heterocycles. The molecule has 0 aromatic heterocycles. The van der Waals surface area contributed by atoms with Crippen molar-refractivity contribution in [3.8, 4) is 0 Å². The van der Waals surface area contributed by atoms with Crippen molar-refractivity contribution in [1.29, 1.82) is 0 Å². The number of nitrogens with two attached hydrogens (primary N) is 2. The Balaban J connectivity index is 0.000000217.